The molecule has 1 aliphatic heterocycles. The van der Waals surface area contributed by atoms with E-state index in [4.69, 9.17) is 0 Å². The first-order valence-corrected chi connectivity index (χ1v) is 5.47. The Balaban J connectivity index is 2.05. The summed E-state index contributed by atoms with van der Waals surface area (Å²) in [4.78, 5) is 4.17. The molecular weight excluding hydrogens is 170 g/mol. The van der Waals surface area contributed by atoms with E-state index in [0.29, 0.717) is 0 Å². The van der Waals surface area contributed by atoms with E-state index in [-0.39, 0.29) is 0 Å². The van der Waals surface area contributed by atoms with E-state index < -0.39 is 0 Å². The third kappa shape index (κ3) is 3.85. The van der Waals surface area contributed by atoms with Gasteiger partial charge in [-0.1, -0.05) is 31.5 Å². The van der Waals surface area contributed by atoms with Gasteiger partial charge in [-0.3, -0.25) is 4.99 Å². The molecular formula is C8H15N3S. The monoisotopic (exact) mass is 185 g/mol. The molecule has 0 radical (unpaired) electrons. The van der Waals surface area contributed by atoms with E-state index in [1.54, 1.807) is 11.8 Å². The molecule has 3 nitrogen and oxygen atoms in total. The number of amidine groups is 1. The molecule has 1 rings (SSSR count). The van der Waals surface area contributed by atoms with E-state index in [0.717, 1.165) is 30.4 Å². The fraction of sp³-hybridized carbons (Fsp3) is 0.875. The van der Waals surface area contributed by atoms with Crippen molar-refractivity contribution in [2.24, 2.45) is 15.2 Å². The summed E-state index contributed by atoms with van der Waals surface area (Å²) in [5, 5.41) is 8.96. The minimum Gasteiger partial charge on any atom is -0.258 e. The van der Waals surface area contributed by atoms with Crippen LogP contribution in [0.2, 0.25) is 0 Å². The number of nitrogens with zero attached hydrogens (tertiary/aromatic N) is 3. The Labute approximate surface area is 77.8 Å². The number of unbranched alkanes of at least 4 members (excludes halogenated alkanes) is 2. The van der Waals surface area contributed by atoms with Crippen LogP contribution in [-0.4, -0.2) is 24.0 Å². The minimum absolute atomic E-state index is 0.855. The van der Waals surface area contributed by atoms with Gasteiger partial charge in [-0.15, -0.1) is 5.11 Å². The number of thioether (sulfide) groups is 1. The van der Waals surface area contributed by atoms with Crippen molar-refractivity contribution in [1.29, 1.82) is 0 Å². The lowest BCUT2D eigenvalue weighted by Crippen LogP contribution is -1.82. The standard InChI is InChI=1S/C8H15N3S/c1-2-3-4-5-10-11-8-9-6-7-12-8/h2-7H2,1H3/b11-10+. The summed E-state index contributed by atoms with van der Waals surface area (Å²) in [6.45, 7) is 3.95. The first kappa shape index (κ1) is 9.71. The van der Waals surface area contributed by atoms with Gasteiger partial charge in [-0.05, 0) is 6.42 Å². The zero-order valence-electron chi connectivity index (χ0n) is 7.49. The lowest BCUT2D eigenvalue weighted by atomic mass is 10.3. The maximum absolute atomic E-state index is 4.17. The number of hydrogen-bond acceptors (Lipinski definition) is 4. The number of aliphatic imine (C=N–C) groups is 1. The molecule has 1 aliphatic rings. The van der Waals surface area contributed by atoms with Gasteiger partial charge >= 0.3 is 0 Å². The zero-order valence-corrected chi connectivity index (χ0v) is 8.31. The van der Waals surface area contributed by atoms with Crippen LogP contribution in [0, 0.1) is 0 Å². The summed E-state index contributed by atoms with van der Waals surface area (Å²) in [5.41, 5.74) is 0. The highest BCUT2D eigenvalue weighted by atomic mass is 32.2. The summed E-state index contributed by atoms with van der Waals surface area (Å²) in [7, 11) is 0. The van der Waals surface area contributed by atoms with Gasteiger partial charge in [0.05, 0.1) is 13.1 Å². The maximum Gasteiger partial charge on any atom is 0.204 e. The molecule has 0 amide bonds. The van der Waals surface area contributed by atoms with E-state index >= 15 is 0 Å². The third-order valence-corrected chi connectivity index (χ3v) is 2.44. The molecule has 1 heterocycles. The topological polar surface area (TPSA) is 37.1 Å². The SMILES string of the molecule is CCCCC/N=N/C1=NCCS1. The van der Waals surface area contributed by atoms with Crippen molar-refractivity contribution in [3.8, 4) is 0 Å². The molecule has 0 atom stereocenters. The van der Waals surface area contributed by atoms with Crippen molar-refractivity contribution in [2.75, 3.05) is 18.8 Å². The average Bonchev–Trinajstić information content (AvgIpc) is 2.57. The van der Waals surface area contributed by atoms with Crippen LogP contribution >= 0.6 is 11.8 Å². The van der Waals surface area contributed by atoms with Crippen molar-refractivity contribution in [2.45, 2.75) is 26.2 Å². The van der Waals surface area contributed by atoms with Gasteiger partial charge in [-0.25, -0.2) is 0 Å². The molecule has 0 aromatic rings. The lowest BCUT2D eigenvalue weighted by molar-refractivity contribution is 0.715. The Morgan fingerprint density at radius 2 is 2.42 bits per heavy atom. The summed E-state index contributed by atoms with van der Waals surface area (Å²) >= 11 is 1.70. The maximum atomic E-state index is 4.17. The van der Waals surface area contributed by atoms with E-state index in [2.05, 4.69) is 22.1 Å². The molecule has 0 fully saturated rings. The van der Waals surface area contributed by atoms with Crippen molar-refractivity contribution >= 4 is 16.9 Å². The average molecular weight is 185 g/mol. The lowest BCUT2D eigenvalue weighted by Gasteiger charge is -1.90. The largest absolute Gasteiger partial charge is 0.258 e. The quantitative estimate of drug-likeness (QED) is 0.490. The molecule has 4 heteroatoms. The second-order valence-electron chi connectivity index (χ2n) is 2.68. The highest BCUT2D eigenvalue weighted by Gasteiger charge is 2.03. The summed E-state index contributed by atoms with van der Waals surface area (Å²) in [5.74, 6) is 1.07. The molecule has 12 heavy (non-hydrogen) atoms. The van der Waals surface area contributed by atoms with Crippen molar-refractivity contribution in [3.63, 3.8) is 0 Å². The normalized spacial score (nSPS) is 17.2. The molecule has 0 saturated heterocycles. The third-order valence-electron chi connectivity index (χ3n) is 1.59. The molecule has 0 aliphatic carbocycles. The van der Waals surface area contributed by atoms with E-state index in [1.165, 1.54) is 12.8 Å². The second kappa shape index (κ2) is 6.17. The zero-order chi connectivity index (χ0) is 8.65. The number of rotatable bonds is 4. The Morgan fingerprint density at radius 3 is 3.08 bits per heavy atom. The molecule has 0 N–H and O–H groups in total. The smallest absolute Gasteiger partial charge is 0.204 e. The van der Waals surface area contributed by atoms with Crippen LogP contribution in [0.3, 0.4) is 0 Å². The first-order valence-electron chi connectivity index (χ1n) is 4.48. The van der Waals surface area contributed by atoms with E-state index in [1.807, 2.05) is 0 Å². The van der Waals surface area contributed by atoms with Gasteiger partial charge in [-0.2, -0.15) is 5.11 Å². The van der Waals surface area contributed by atoms with Crippen LogP contribution in [0.1, 0.15) is 26.2 Å². The van der Waals surface area contributed by atoms with Gasteiger partial charge in [0.15, 0.2) is 0 Å². The van der Waals surface area contributed by atoms with Crippen LogP contribution in [0.5, 0.6) is 0 Å². The van der Waals surface area contributed by atoms with Crippen LogP contribution in [0.4, 0.5) is 0 Å². The highest BCUT2D eigenvalue weighted by Crippen LogP contribution is 2.12. The van der Waals surface area contributed by atoms with Gasteiger partial charge in [0.1, 0.15) is 0 Å². The van der Waals surface area contributed by atoms with Crippen LogP contribution in [0.15, 0.2) is 15.2 Å². The highest BCUT2D eigenvalue weighted by molar-refractivity contribution is 8.14. The molecule has 0 unspecified atom stereocenters. The fourth-order valence-electron chi connectivity index (χ4n) is 0.927. The van der Waals surface area contributed by atoms with Gasteiger partial charge in [0.25, 0.3) is 0 Å². The minimum atomic E-state index is 0.855. The molecule has 0 bridgehead atoms. The number of azo groups is 1. The van der Waals surface area contributed by atoms with Gasteiger partial charge < -0.3 is 0 Å². The van der Waals surface area contributed by atoms with Crippen LogP contribution < -0.4 is 0 Å². The second-order valence-corrected chi connectivity index (χ2v) is 3.75. The molecule has 0 aromatic heterocycles. The van der Waals surface area contributed by atoms with Crippen molar-refractivity contribution < 1.29 is 0 Å². The summed E-state index contributed by atoms with van der Waals surface area (Å²) in [6, 6.07) is 0. The summed E-state index contributed by atoms with van der Waals surface area (Å²) < 4.78 is 0. The molecule has 68 valence electrons. The van der Waals surface area contributed by atoms with Gasteiger partial charge in [0.2, 0.25) is 5.17 Å². The molecule has 0 saturated carbocycles. The molecule has 0 aromatic carbocycles. The van der Waals surface area contributed by atoms with Crippen molar-refractivity contribution in [3.05, 3.63) is 0 Å². The summed E-state index contributed by atoms with van der Waals surface area (Å²) in [6.07, 6.45) is 3.64. The Morgan fingerprint density at radius 1 is 1.50 bits per heavy atom. The molecule has 0 spiro atoms. The Kier molecular flexibility index (Phi) is 4.99. The Bertz CT molecular complexity index is 177. The number of hydrogen-bond donors (Lipinski definition) is 0. The van der Waals surface area contributed by atoms with Crippen LogP contribution in [-0.2, 0) is 0 Å². The predicted octanol–water partition coefficient (Wildman–Crippen LogP) is 2.73. The van der Waals surface area contributed by atoms with Crippen LogP contribution in [0.25, 0.3) is 0 Å². The Hall–Kier alpha value is -0.380. The van der Waals surface area contributed by atoms with Gasteiger partial charge in [0, 0.05) is 5.75 Å². The first-order chi connectivity index (χ1) is 5.93. The predicted molar refractivity (Wildman–Crippen MR) is 54.0 cm³/mol. The van der Waals surface area contributed by atoms with Crippen molar-refractivity contribution in [1.82, 2.24) is 0 Å². The fourth-order valence-corrected chi connectivity index (χ4v) is 1.59. The van der Waals surface area contributed by atoms with E-state index in [9.17, 15) is 0 Å².